The summed E-state index contributed by atoms with van der Waals surface area (Å²) in [5, 5.41) is 18.7. The Morgan fingerprint density at radius 2 is 2.00 bits per heavy atom. The van der Waals surface area contributed by atoms with Crippen molar-refractivity contribution in [1.82, 2.24) is 4.90 Å². The number of aliphatic hydroxyl groups is 2. The molecule has 0 aromatic rings. The van der Waals surface area contributed by atoms with Gasteiger partial charge in [0.1, 0.15) is 0 Å². The maximum Gasteiger partial charge on any atom is 0.0592 e. The average Bonchev–Trinajstić information content (AvgIpc) is 2.95. The molecule has 0 bridgehead atoms. The van der Waals surface area contributed by atoms with Crippen LogP contribution in [-0.4, -0.2) is 47.5 Å². The molecule has 0 spiro atoms. The zero-order valence-electron chi connectivity index (χ0n) is 8.73. The third-order valence-corrected chi connectivity index (χ3v) is 3.53. The van der Waals surface area contributed by atoms with Crippen molar-refractivity contribution in [3.63, 3.8) is 0 Å². The Bertz CT molecular complexity index is 182. The van der Waals surface area contributed by atoms with Crippen molar-refractivity contribution in [2.45, 2.75) is 31.8 Å². The Morgan fingerprint density at radius 3 is 2.64 bits per heavy atom. The summed E-state index contributed by atoms with van der Waals surface area (Å²) in [6, 6.07) is 0. The second-order valence-electron chi connectivity index (χ2n) is 4.82. The van der Waals surface area contributed by atoms with Gasteiger partial charge in [0.2, 0.25) is 0 Å². The minimum atomic E-state index is -0.0921. The highest BCUT2D eigenvalue weighted by Gasteiger charge is 2.32. The van der Waals surface area contributed by atoms with E-state index in [1.807, 2.05) is 0 Å². The van der Waals surface area contributed by atoms with Crippen LogP contribution < -0.4 is 0 Å². The molecule has 1 heterocycles. The molecule has 0 aromatic carbocycles. The van der Waals surface area contributed by atoms with Crippen LogP contribution in [0.5, 0.6) is 0 Å². The molecule has 0 unspecified atom stereocenters. The summed E-state index contributed by atoms with van der Waals surface area (Å²) in [5.74, 6) is 1.35. The average molecular weight is 199 g/mol. The molecule has 1 saturated heterocycles. The monoisotopic (exact) mass is 199 g/mol. The lowest BCUT2D eigenvalue weighted by Crippen LogP contribution is -2.44. The molecule has 82 valence electrons. The van der Waals surface area contributed by atoms with E-state index in [9.17, 15) is 5.11 Å². The summed E-state index contributed by atoms with van der Waals surface area (Å²) < 4.78 is 0. The molecule has 2 atom stereocenters. The number of hydrogen-bond acceptors (Lipinski definition) is 3. The highest BCUT2D eigenvalue weighted by Crippen LogP contribution is 2.37. The van der Waals surface area contributed by atoms with E-state index in [2.05, 4.69) is 4.90 Å². The first kappa shape index (κ1) is 10.4. The van der Waals surface area contributed by atoms with Gasteiger partial charge >= 0.3 is 0 Å². The lowest BCUT2D eigenvalue weighted by molar-refractivity contribution is 0.0153. The van der Waals surface area contributed by atoms with Crippen molar-refractivity contribution in [3.8, 4) is 0 Å². The first-order valence-electron chi connectivity index (χ1n) is 5.81. The molecule has 2 fully saturated rings. The zero-order chi connectivity index (χ0) is 9.97. The van der Waals surface area contributed by atoms with Crippen LogP contribution in [-0.2, 0) is 0 Å². The SMILES string of the molecule is OCCN1CC[C@H](O)[C@@H](CC2CC2)C1. The van der Waals surface area contributed by atoms with Gasteiger partial charge in [-0.2, -0.15) is 0 Å². The Morgan fingerprint density at radius 1 is 1.21 bits per heavy atom. The molecule has 1 aliphatic carbocycles. The normalized spacial score (nSPS) is 34.7. The summed E-state index contributed by atoms with van der Waals surface area (Å²) in [6.45, 7) is 2.95. The third-order valence-electron chi connectivity index (χ3n) is 3.53. The molecule has 3 heteroatoms. The fourth-order valence-corrected chi connectivity index (χ4v) is 2.45. The van der Waals surface area contributed by atoms with Crippen molar-refractivity contribution in [1.29, 1.82) is 0 Å². The number of β-amino-alcohol motifs (C(OH)–C–C–N with tert-alkyl or cyclic N) is 1. The van der Waals surface area contributed by atoms with Gasteiger partial charge in [-0.15, -0.1) is 0 Å². The number of nitrogens with zero attached hydrogens (tertiary/aromatic N) is 1. The van der Waals surface area contributed by atoms with Gasteiger partial charge < -0.3 is 15.1 Å². The van der Waals surface area contributed by atoms with E-state index in [0.29, 0.717) is 5.92 Å². The van der Waals surface area contributed by atoms with Gasteiger partial charge in [-0.1, -0.05) is 12.8 Å². The molecule has 0 radical (unpaired) electrons. The lowest BCUT2D eigenvalue weighted by atomic mass is 9.90. The second kappa shape index (κ2) is 4.60. The predicted molar refractivity (Wildman–Crippen MR) is 55.0 cm³/mol. The van der Waals surface area contributed by atoms with Crippen molar-refractivity contribution in [3.05, 3.63) is 0 Å². The summed E-state index contributed by atoms with van der Waals surface area (Å²) in [5.41, 5.74) is 0. The van der Waals surface area contributed by atoms with Crippen LogP contribution in [0.15, 0.2) is 0 Å². The summed E-state index contributed by atoms with van der Waals surface area (Å²) in [4.78, 5) is 2.28. The summed E-state index contributed by atoms with van der Waals surface area (Å²) in [6.07, 6.45) is 4.72. The molecule has 2 aliphatic rings. The molecular weight excluding hydrogens is 178 g/mol. The standard InChI is InChI=1S/C11H21NO2/c13-6-5-12-4-3-11(14)10(8-12)7-9-1-2-9/h9-11,13-14H,1-8H2/t10-,11-/m0/s1. The van der Waals surface area contributed by atoms with E-state index in [-0.39, 0.29) is 12.7 Å². The van der Waals surface area contributed by atoms with Crippen LogP contribution in [0.25, 0.3) is 0 Å². The van der Waals surface area contributed by atoms with Gasteiger partial charge in [-0.25, -0.2) is 0 Å². The Balaban J connectivity index is 1.79. The van der Waals surface area contributed by atoms with E-state index < -0.39 is 0 Å². The van der Waals surface area contributed by atoms with Crippen LogP contribution in [0.2, 0.25) is 0 Å². The van der Waals surface area contributed by atoms with Gasteiger partial charge in [-0.3, -0.25) is 0 Å². The summed E-state index contributed by atoms with van der Waals surface area (Å²) in [7, 11) is 0. The first-order valence-corrected chi connectivity index (χ1v) is 5.81. The van der Waals surface area contributed by atoms with E-state index in [0.717, 1.165) is 32.0 Å². The summed E-state index contributed by atoms with van der Waals surface area (Å²) >= 11 is 0. The molecule has 14 heavy (non-hydrogen) atoms. The quantitative estimate of drug-likeness (QED) is 0.691. The fraction of sp³-hybridized carbons (Fsp3) is 1.00. The van der Waals surface area contributed by atoms with Crippen molar-refractivity contribution in [2.75, 3.05) is 26.2 Å². The molecule has 0 aromatic heterocycles. The van der Waals surface area contributed by atoms with Crippen molar-refractivity contribution >= 4 is 0 Å². The Labute approximate surface area is 85.7 Å². The van der Waals surface area contributed by atoms with Crippen LogP contribution in [0.3, 0.4) is 0 Å². The minimum Gasteiger partial charge on any atom is -0.395 e. The van der Waals surface area contributed by atoms with Crippen LogP contribution in [0, 0.1) is 11.8 Å². The first-order chi connectivity index (χ1) is 6.79. The molecule has 2 rings (SSSR count). The van der Waals surface area contributed by atoms with Gasteiger partial charge in [0.15, 0.2) is 0 Å². The maximum absolute atomic E-state index is 9.84. The molecule has 3 nitrogen and oxygen atoms in total. The van der Waals surface area contributed by atoms with Gasteiger partial charge in [0.05, 0.1) is 12.7 Å². The van der Waals surface area contributed by atoms with Gasteiger partial charge in [0, 0.05) is 19.6 Å². The van der Waals surface area contributed by atoms with Crippen molar-refractivity contribution < 1.29 is 10.2 Å². The van der Waals surface area contributed by atoms with E-state index in [4.69, 9.17) is 5.11 Å². The fourth-order valence-electron chi connectivity index (χ4n) is 2.45. The van der Waals surface area contributed by atoms with Gasteiger partial charge in [-0.05, 0) is 24.7 Å². The molecule has 1 saturated carbocycles. The van der Waals surface area contributed by atoms with Crippen LogP contribution in [0.4, 0.5) is 0 Å². The Kier molecular flexibility index (Phi) is 3.42. The topological polar surface area (TPSA) is 43.7 Å². The van der Waals surface area contributed by atoms with Gasteiger partial charge in [0.25, 0.3) is 0 Å². The smallest absolute Gasteiger partial charge is 0.0592 e. The Hall–Kier alpha value is -0.120. The minimum absolute atomic E-state index is 0.0921. The third kappa shape index (κ3) is 2.69. The highest BCUT2D eigenvalue weighted by molar-refractivity contribution is 4.85. The molecule has 2 N–H and O–H groups in total. The molecule has 1 aliphatic heterocycles. The van der Waals surface area contributed by atoms with E-state index >= 15 is 0 Å². The number of aliphatic hydroxyl groups excluding tert-OH is 2. The second-order valence-corrected chi connectivity index (χ2v) is 4.82. The number of piperidine rings is 1. The lowest BCUT2D eigenvalue weighted by Gasteiger charge is -2.36. The number of rotatable bonds is 4. The van der Waals surface area contributed by atoms with Crippen LogP contribution >= 0.6 is 0 Å². The number of hydrogen-bond donors (Lipinski definition) is 2. The molecular formula is C11H21NO2. The maximum atomic E-state index is 9.84. The highest BCUT2D eigenvalue weighted by atomic mass is 16.3. The zero-order valence-corrected chi connectivity index (χ0v) is 8.73. The van der Waals surface area contributed by atoms with E-state index in [1.54, 1.807) is 0 Å². The van der Waals surface area contributed by atoms with E-state index in [1.165, 1.54) is 19.3 Å². The van der Waals surface area contributed by atoms with Crippen molar-refractivity contribution in [2.24, 2.45) is 11.8 Å². The number of likely N-dealkylation sites (tertiary alicyclic amines) is 1. The van der Waals surface area contributed by atoms with Crippen LogP contribution in [0.1, 0.15) is 25.7 Å². The largest absolute Gasteiger partial charge is 0.395 e. The molecule has 0 amide bonds. The predicted octanol–water partition coefficient (Wildman–Crippen LogP) is 0.462.